The number of carbonyl (C=O) groups excluding carboxylic acids is 1. The molecule has 120 valence electrons. The van der Waals surface area contributed by atoms with Gasteiger partial charge in [-0.25, -0.2) is 0 Å². The van der Waals surface area contributed by atoms with Crippen LogP contribution in [-0.4, -0.2) is 17.3 Å². The monoisotopic (exact) mass is 322 g/mol. The van der Waals surface area contributed by atoms with Crippen molar-refractivity contribution in [2.24, 2.45) is 0 Å². The van der Waals surface area contributed by atoms with Crippen molar-refractivity contribution >= 4 is 17.5 Å². The molecule has 0 spiro atoms. The number of rotatable bonds is 6. The number of Topliss-reactive ketones (excluding diaryl/α,β-unsaturated/α-hetero) is 1. The van der Waals surface area contributed by atoms with Crippen LogP contribution in [0.2, 0.25) is 0 Å². The van der Waals surface area contributed by atoms with Crippen LogP contribution in [0.25, 0.3) is 6.08 Å². The molecule has 0 aliphatic carbocycles. The van der Waals surface area contributed by atoms with Gasteiger partial charge in [0.25, 0.3) is 5.69 Å². The number of ether oxygens (including phenoxy) is 1. The molecule has 0 bridgehead atoms. The number of hydrogen-bond donors (Lipinski definition) is 0. The molecule has 6 nitrogen and oxygen atoms in total. The number of nitro groups is 1. The molecule has 0 radical (unpaired) electrons. The molecule has 0 fully saturated rings. The van der Waals surface area contributed by atoms with Crippen molar-refractivity contribution in [3.8, 4) is 11.8 Å². The highest BCUT2D eigenvalue weighted by Crippen LogP contribution is 2.23. The summed E-state index contributed by atoms with van der Waals surface area (Å²) in [6.45, 7) is 2.28. The van der Waals surface area contributed by atoms with Gasteiger partial charge >= 0.3 is 0 Å². The fraction of sp³-hybridized carbons (Fsp3) is 0.111. The summed E-state index contributed by atoms with van der Waals surface area (Å²) in [5, 5.41) is 20.1. The first-order valence-electron chi connectivity index (χ1n) is 7.19. The normalized spacial score (nSPS) is 10.8. The van der Waals surface area contributed by atoms with Crippen LogP contribution in [0.15, 0.2) is 54.1 Å². The van der Waals surface area contributed by atoms with Gasteiger partial charge in [-0.05, 0) is 19.1 Å². The lowest BCUT2D eigenvalue weighted by Gasteiger charge is -2.07. The van der Waals surface area contributed by atoms with Crippen molar-refractivity contribution < 1.29 is 14.5 Å². The number of nitrogens with zero attached hydrogens (tertiary/aromatic N) is 2. The molecule has 24 heavy (non-hydrogen) atoms. The number of ketones is 1. The van der Waals surface area contributed by atoms with Gasteiger partial charge in [-0.2, -0.15) is 5.26 Å². The molecular formula is C18H14N2O4. The topological polar surface area (TPSA) is 93.2 Å². The summed E-state index contributed by atoms with van der Waals surface area (Å²) in [5.41, 5.74) is 0.357. The molecule has 0 aliphatic rings. The van der Waals surface area contributed by atoms with E-state index >= 15 is 0 Å². The molecule has 2 aromatic carbocycles. The van der Waals surface area contributed by atoms with Crippen molar-refractivity contribution in [2.45, 2.75) is 6.92 Å². The highest BCUT2D eigenvalue weighted by atomic mass is 16.6. The Bertz CT molecular complexity index is 850. The summed E-state index contributed by atoms with van der Waals surface area (Å²) in [5.74, 6) is -0.0212. The highest BCUT2D eigenvalue weighted by Gasteiger charge is 2.16. The quantitative estimate of drug-likeness (QED) is 0.265. The maximum Gasteiger partial charge on any atom is 0.270 e. The third-order valence-electron chi connectivity index (χ3n) is 3.20. The molecule has 6 heteroatoms. The predicted octanol–water partition coefficient (Wildman–Crippen LogP) is 3.78. The van der Waals surface area contributed by atoms with Crippen LogP contribution in [0, 0.1) is 21.4 Å². The van der Waals surface area contributed by atoms with E-state index in [1.807, 2.05) is 13.0 Å². The number of nitriles is 1. The second kappa shape index (κ2) is 7.70. The van der Waals surface area contributed by atoms with Crippen molar-refractivity contribution in [2.75, 3.05) is 6.61 Å². The lowest BCUT2D eigenvalue weighted by Crippen LogP contribution is -2.03. The first-order chi connectivity index (χ1) is 11.6. The average Bonchev–Trinajstić information content (AvgIpc) is 2.60. The van der Waals surface area contributed by atoms with Crippen LogP contribution in [0.1, 0.15) is 22.8 Å². The van der Waals surface area contributed by atoms with Crippen molar-refractivity contribution in [1.82, 2.24) is 0 Å². The van der Waals surface area contributed by atoms with Crippen LogP contribution < -0.4 is 4.74 Å². The molecule has 0 aromatic heterocycles. The fourth-order valence-corrected chi connectivity index (χ4v) is 2.11. The van der Waals surface area contributed by atoms with Gasteiger partial charge in [0.15, 0.2) is 0 Å². The predicted molar refractivity (Wildman–Crippen MR) is 88.6 cm³/mol. The van der Waals surface area contributed by atoms with E-state index in [4.69, 9.17) is 4.74 Å². The summed E-state index contributed by atoms with van der Waals surface area (Å²) in [7, 11) is 0. The molecule has 0 unspecified atom stereocenters. The Balaban J connectivity index is 2.42. The van der Waals surface area contributed by atoms with Gasteiger partial charge in [-0.1, -0.05) is 30.3 Å². The Morgan fingerprint density at radius 2 is 2.04 bits per heavy atom. The van der Waals surface area contributed by atoms with Crippen LogP contribution in [-0.2, 0) is 0 Å². The molecule has 2 rings (SSSR count). The summed E-state index contributed by atoms with van der Waals surface area (Å²) < 4.78 is 5.46. The van der Waals surface area contributed by atoms with E-state index in [1.165, 1.54) is 24.3 Å². The van der Waals surface area contributed by atoms with Gasteiger partial charge in [0, 0.05) is 23.3 Å². The molecular weight excluding hydrogens is 308 g/mol. The largest absolute Gasteiger partial charge is 0.493 e. The van der Waals surface area contributed by atoms with Gasteiger partial charge in [-0.15, -0.1) is 0 Å². The van der Waals surface area contributed by atoms with E-state index in [0.29, 0.717) is 17.9 Å². The maximum absolute atomic E-state index is 12.5. The second-order valence-electron chi connectivity index (χ2n) is 4.78. The first kappa shape index (κ1) is 16.9. The van der Waals surface area contributed by atoms with Gasteiger partial charge in [0.1, 0.15) is 17.4 Å². The van der Waals surface area contributed by atoms with Crippen LogP contribution in [0.5, 0.6) is 5.75 Å². The minimum atomic E-state index is -0.586. The number of hydrogen-bond acceptors (Lipinski definition) is 5. The van der Waals surface area contributed by atoms with E-state index < -0.39 is 10.7 Å². The van der Waals surface area contributed by atoms with E-state index in [9.17, 15) is 20.2 Å². The van der Waals surface area contributed by atoms with Crippen molar-refractivity contribution in [3.63, 3.8) is 0 Å². The molecule has 0 N–H and O–H groups in total. The van der Waals surface area contributed by atoms with Crippen molar-refractivity contribution in [3.05, 3.63) is 75.3 Å². The molecule has 0 atom stereocenters. The third-order valence-corrected chi connectivity index (χ3v) is 3.20. The van der Waals surface area contributed by atoms with E-state index in [-0.39, 0.29) is 16.8 Å². The lowest BCUT2D eigenvalue weighted by molar-refractivity contribution is -0.384. The second-order valence-corrected chi connectivity index (χ2v) is 4.78. The zero-order valence-corrected chi connectivity index (χ0v) is 12.9. The van der Waals surface area contributed by atoms with Crippen LogP contribution >= 0.6 is 0 Å². The number of allylic oxidation sites excluding steroid dienone is 1. The standard InChI is InChI=1S/C18H14N2O4/c1-2-24-17-9-4-3-6-13(17)10-15(12-19)18(21)14-7-5-8-16(11-14)20(22)23/h3-11H,2H2,1H3. The molecule has 0 aliphatic heterocycles. The summed E-state index contributed by atoms with van der Waals surface area (Å²) >= 11 is 0. The molecule has 2 aromatic rings. The smallest absolute Gasteiger partial charge is 0.270 e. The Kier molecular flexibility index (Phi) is 5.42. The molecule has 0 amide bonds. The zero-order valence-electron chi connectivity index (χ0n) is 12.9. The number of carbonyl (C=O) groups is 1. The summed E-state index contributed by atoms with van der Waals surface area (Å²) in [6.07, 6.45) is 1.42. The lowest BCUT2D eigenvalue weighted by atomic mass is 10.0. The molecule has 0 saturated carbocycles. The minimum absolute atomic E-state index is 0.0888. The van der Waals surface area contributed by atoms with Gasteiger partial charge in [-0.3, -0.25) is 14.9 Å². The summed E-state index contributed by atoms with van der Waals surface area (Å²) in [6, 6.07) is 14.2. The number of nitro benzene ring substituents is 1. The van der Waals surface area contributed by atoms with Crippen molar-refractivity contribution in [1.29, 1.82) is 5.26 Å². The molecule has 0 heterocycles. The Hall–Kier alpha value is -3.46. The number of non-ortho nitro benzene ring substituents is 1. The van der Waals surface area contributed by atoms with E-state index in [1.54, 1.807) is 24.3 Å². The van der Waals surface area contributed by atoms with E-state index in [2.05, 4.69) is 0 Å². The fourth-order valence-electron chi connectivity index (χ4n) is 2.11. The third kappa shape index (κ3) is 3.84. The maximum atomic E-state index is 12.5. The number of para-hydroxylation sites is 1. The highest BCUT2D eigenvalue weighted by molar-refractivity contribution is 6.14. The van der Waals surface area contributed by atoms with Gasteiger partial charge in [0.2, 0.25) is 5.78 Å². The average molecular weight is 322 g/mol. The van der Waals surface area contributed by atoms with E-state index in [0.717, 1.165) is 6.07 Å². The SMILES string of the molecule is CCOc1ccccc1C=C(C#N)C(=O)c1cccc([N+](=O)[O-])c1. The van der Waals surface area contributed by atoms with Crippen LogP contribution in [0.3, 0.4) is 0 Å². The van der Waals surface area contributed by atoms with Crippen LogP contribution in [0.4, 0.5) is 5.69 Å². The Morgan fingerprint density at radius 3 is 2.71 bits per heavy atom. The summed E-state index contributed by atoms with van der Waals surface area (Å²) in [4.78, 5) is 22.7. The van der Waals surface area contributed by atoms with Gasteiger partial charge < -0.3 is 4.74 Å². The Labute approximate surface area is 138 Å². The minimum Gasteiger partial charge on any atom is -0.493 e. The number of benzene rings is 2. The Morgan fingerprint density at radius 1 is 1.29 bits per heavy atom. The van der Waals surface area contributed by atoms with Gasteiger partial charge in [0.05, 0.1) is 11.5 Å². The zero-order chi connectivity index (χ0) is 17.5. The first-order valence-corrected chi connectivity index (χ1v) is 7.19. The molecule has 0 saturated heterocycles.